The molecule has 1 aromatic rings. The number of hydrogen-bond donors (Lipinski definition) is 2. The topological polar surface area (TPSA) is 75.0 Å². The first-order chi connectivity index (χ1) is 7.32. The van der Waals surface area contributed by atoms with Gasteiger partial charge in [-0.1, -0.05) is 20.8 Å². The highest BCUT2D eigenvalue weighted by Gasteiger charge is 2.29. The van der Waals surface area contributed by atoms with Crippen LogP contribution in [0.5, 0.6) is 0 Å². The summed E-state index contributed by atoms with van der Waals surface area (Å²) in [6.45, 7) is 6.41. The van der Waals surface area contributed by atoms with Gasteiger partial charge < -0.3 is 10.6 Å². The molecule has 1 atom stereocenters. The lowest BCUT2D eigenvalue weighted by atomic mass is 9.86. The van der Waals surface area contributed by atoms with E-state index in [4.69, 9.17) is 5.73 Å². The third-order valence-corrected chi connectivity index (χ3v) is 2.55. The van der Waals surface area contributed by atoms with Crippen LogP contribution in [0.2, 0.25) is 0 Å². The van der Waals surface area contributed by atoms with E-state index in [2.05, 4.69) is 10.2 Å². The molecule has 1 rings (SSSR count). The molecule has 0 spiro atoms. The molecule has 0 bridgehead atoms. The van der Waals surface area contributed by atoms with Crippen molar-refractivity contribution in [2.45, 2.75) is 33.4 Å². The van der Waals surface area contributed by atoms with Crippen LogP contribution in [0.3, 0.4) is 0 Å². The predicted octanol–water partition coefficient (Wildman–Crippen LogP) is 0.741. The second-order valence-corrected chi connectivity index (χ2v) is 5.14. The van der Waals surface area contributed by atoms with Gasteiger partial charge in [-0.05, 0) is 5.41 Å². The highest BCUT2D eigenvalue weighted by atomic mass is 16.2. The summed E-state index contributed by atoms with van der Waals surface area (Å²) in [6, 6.07) is -0.482. The summed E-state index contributed by atoms with van der Waals surface area (Å²) in [6.07, 6.45) is 3.47. The van der Waals surface area contributed by atoms with Gasteiger partial charge in [0.15, 0.2) is 0 Å². The maximum Gasteiger partial charge on any atom is 0.240 e. The van der Waals surface area contributed by atoms with Gasteiger partial charge in [0.2, 0.25) is 5.91 Å². The summed E-state index contributed by atoms with van der Waals surface area (Å²) in [4.78, 5) is 13.6. The van der Waals surface area contributed by atoms with Crippen LogP contribution in [0.25, 0.3) is 0 Å². The zero-order valence-corrected chi connectivity index (χ0v) is 10.3. The number of likely N-dealkylation sites (N-methyl/N-ethyl adjacent to an activating group) is 1. The largest absolute Gasteiger partial charge is 0.340 e. The summed E-state index contributed by atoms with van der Waals surface area (Å²) < 4.78 is 0. The first-order valence-electron chi connectivity index (χ1n) is 5.30. The second-order valence-electron chi connectivity index (χ2n) is 5.14. The molecule has 90 valence electrons. The van der Waals surface area contributed by atoms with Gasteiger partial charge in [-0.3, -0.25) is 9.89 Å². The Bertz CT molecular complexity index is 339. The fourth-order valence-electron chi connectivity index (χ4n) is 1.32. The van der Waals surface area contributed by atoms with Gasteiger partial charge in [0.25, 0.3) is 0 Å². The van der Waals surface area contributed by atoms with Gasteiger partial charge in [-0.15, -0.1) is 0 Å². The van der Waals surface area contributed by atoms with Crippen LogP contribution < -0.4 is 5.73 Å². The number of hydrogen-bond acceptors (Lipinski definition) is 3. The number of nitrogens with two attached hydrogens (primary N) is 1. The van der Waals surface area contributed by atoms with E-state index in [1.807, 2.05) is 20.8 Å². The number of aromatic amines is 1. The molecule has 5 nitrogen and oxygen atoms in total. The average molecular weight is 224 g/mol. The quantitative estimate of drug-likeness (QED) is 0.795. The van der Waals surface area contributed by atoms with Crippen LogP contribution in [0.4, 0.5) is 0 Å². The van der Waals surface area contributed by atoms with Crippen molar-refractivity contribution in [2.75, 3.05) is 7.05 Å². The van der Waals surface area contributed by atoms with Crippen molar-refractivity contribution in [2.24, 2.45) is 11.1 Å². The van der Waals surface area contributed by atoms with E-state index >= 15 is 0 Å². The maximum absolute atomic E-state index is 12.0. The van der Waals surface area contributed by atoms with Gasteiger partial charge in [0.1, 0.15) is 0 Å². The van der Waals surface area contributed by atoms with E-state index < -0.39 is 6.04 Å². The normalized spacial score (nSPS) is 13.6. The molecule has 0 aliphatic rings. The average Bonchev–Trinajstić information content (AvgIpc) is 2.66. The minimum Gasteiger partial charge on any atom is -0.340 e. The molecule has 3 N–H and O–H groups in total. The Balaban J connectivity index is 2.61. The van der Waals surface area contributed by atoms with E-state index in [1.165, 1.54) is 0 Å². The standard InChI is InChI=1S/C11H20N4O/c1-11(2,3)9(12)10(16)15(4)7-8-5-13-14-6-8/h5-6,9H,7,12H2,1-4H3,(H,13,14)/t9-/m1/s1. The lowest BCUT2D eigenvalue weighted by Crippen LogP contribution is -2.48. The monoisotopic (exact) mass is 224 g/mol. The Kier molecular flexibility index (Phi) is 3.70. The summed E-state index contributed by atoms with van der Waals surface area (Å²) in [5.41, 5.74) is 6.66. The van der Waals surface area contributed by atoms with Crippen LogP contribution in [-0.2, 0) is 11.3 Å². The first kappa shape index (κ1) is 12.7. The lowest BCUT2D eigenvalue weighted by molar-refractivity contribution is -0.134. The van der Waals surface area contributed by atoms with Crippen molar-refractivity contribution < 1.29 is 4.79 Å². The molecule has 0 aromatic carbocycles. The Morgan fingerprint density at radius 1 is 1.62 bits per heavy atom. The SMILES string of the molecule is CN(Cc1cn[nH]c1)C(=O)[C@@H](N)C(C)(C)C. The van der Waals surface area contributed by atoms with Crippen molar-refractivity contribution >= 4 is 5.91 Å². The molecule has 0 unspecified atom stereocenters. The Labute approximate surface area is 96.0 Å². The fourth-order valence-corrected chi connectivity index (χ4v) is 1.32. The zero-order chi connectivity index (χ0) is 12.3. The van der Waals surface area contributed by atoms with E-state index in [-0.39, 0.29) is 11.3 Å². The molecule has 0 saturated heterocycles. The van der Waals surface area contributed by atoms with Crippen molar-refractivity contribution in [1.29, 1.82) is 0 Å². The molecule has 1 heterocycles. The third kappa shape index (κ3) is 3.06. The number of aromatic nitrogens is 2. The second kappa shape index (κ2) is 4.65. The van der Waals surface area contributed by atoms with Crippen LogP contribution in [-0.4, -0.2) is 34.1 Å². The highest BCUT2D eigenvalue weighted by molar-refractivity contribution is 5.82. The van der Waals surface area contributed by atoms with E-state index in [0.29, 0.717) is 6.54 Å². The minimum absolute atomic E-state index is 0.0475. The predicted molar refractivity (Wildman–Crippen MR) is 62.5 cm³/mol. The van der Waals surface area contributed by atoms with Crippen LogP contribution in [0.15, 0.2) is 12.4 Å². The van der Waals surface area contributed by atoms with Gasteiger partial charge in [-0.2, -0.15) is 5.10 Å². The summed E-state index contributed by atoms with van der Waals surface area (Å²) in [5, 5.41) is 6.55. The molecule has 0 radical (unpaired) electrons. The number of nitrogens with one attached hydrogen (secondary N) is 1. The Hall–Kier alpha value is -1.36. The van der Waals surface area contributed by atoms with Crippen molar-refractivity contribution in [1.82, 2.24) is 15.1 Å². The highest BCUT2D eigenvalue weighted by Crippen LogP contribution is 2.19. The zero-order valence-electron chi connectivity index (χ0n) is 10.3. The summed E-state index contributed by atoms with van der Waals surface area (Å²) >= 11 is 0. The first-order valence-corrected chi connectivity index (χ1v) is 5.30. The molecule has 16 heavy (non-hydrogen) atoms. The van der Waals surface area contributed by atoms with Gasteiger partial charge in [0.05, 0.1) is 12.2 Å². The number of rotatable bonds is 3. The van der Waals surface area contributed by atoms with E-state index in [9.17, 15) is 4.79 Å². The molecular formula is C11H20N4O. The van der Waals surface area contributed by atoms with Crippen LogP contribution in [0, 0.1) is 5.41 Å². The molecule has 0 fully saturated rings. The lowest BCUT2D eigenvalue weighted by Gasteiger charge is -2.29. The summed E-state index contributed by atoms with van der Waals surface area (Å²) in [7, 11) is 1.75. The third-order valence-electron chi connectivity index (χ3n) is 2.55. The number of H-pyrrole nitrogens is 1. The molecule has 0 aliphatic carbocycles. The Morgan fingerprint density at radius 3 is 2.69 bits per heavy atom. The maximum atomic E-state index is 12.0. The number of nitrogens with zero attached hydrogens (tertiary/aromatic N) is 2. The Morgan fingerprint density at radius 2 is 2.25 bits per heavy atom. The minimum atomic E-state index is -0.482. The number of carbonyl (C=O) groups excluding carboxylic acids is 1. The molecule has 0 aliphatic heterocycles. The van der Waals surface area contributed by atoms with Crippen molar-refractivity contribution in [3.63, 3.8) is 0 Å². The van der Waals surface area contributed by atoms with Crippen LogP contribution in [0.1, 0.15) is 26.3 Å². The number of amides is 1. The smallest absolute Gasteiger partial charge is 0.240 e. The van der Waals surface area contributed by atoms with Crippen LogP contribution >= 0.6 is 0 Å². The van der Waals surface area contributed by atoms with E-state index in [1.54, 1.807) is 24.3 Å². The van der Waals surface area contributed by atoms with Gasteiger partial charge >= 0.3 is 0 Å². The molecule has 1 aromatic heterocycles. The number of carbonyl (C=O) groups is 1. The molecule has 5 heteroatoms. The molecule has 1 amide bonds. The fraction of sp³-hybridized carbons (Fsp3) is 0.636. The van der Waals surface area contributed by atoms with Gasteiger partial charge in [-0.25, -0.2) is 0 Å². The summed E-state index contributed by atoms with van der Waals surface area (Å²) in [5.74, 6) is -0.0475. The van der Waals surface area contributed by atoms with E-state index in [0.717, 1.165) is 5.56 Å². The molecule has 0 saturated carbocycles. The van der Waals surface area contributed by atoms with Crippen molar-refractivity contribution in [3.8, 4) is 0 Å². The van der Waals surface area contributed by atoms with Gasteiger partial charge in [0, 0.05) is 25.4 Å². The van der Waals surface area contributed by atoms with Crippen molar-refractivity contribution in [3.05, 3.63) is 18.0 Å². The molecular weight excluding hydrogens is 204 g/mol.